The lowest BCUT2D eigenvalue weighted by Crippen LogP contribution is -2.38. The molecule has 0 spiro atoms. The number of hydrogen-bond donors (Lipinski definition) is 1. The molecule has 0 aromatic carbocycles. The summed E-state index contributed by atoms with van der Waals surface area (Å²) >= 11 is 6.73. The average molecular weight is 584 g/mol. The molecule has 11 heteroatoms. The van der Waals surface area contributed by atoms with Gasteiger partial charge in [-0.3, -0.25) is 4.90 Å². The zero-order chi connectivity index (χ0) is 26.0. The molecule has 3 rings (SSSR count). The maximum atomic E-state index is 13.2. The molecule has 3 aromatic heterocycles. The van der Waals surface area contributed by atoms with E-state index in [2.05, 4.69) is 31.4 Å². The highest BCUT2D eigenvalue weighted by Crippen LogP contribution is 2.40. The van der Waals surface area contributed by atoms with E-state index in [1.165, 1.54) is 11.3 Å². The second-order valence-corrected chi connectivity index (χ2v) is 13.1. The second-order valence-electron chi connectivity index (χ2n) is 10.1. The van der Waals surface area contributed by atoms with Gasteiger partial charge in [-0.2, -0.15) is 5.10 Å². The SMILES string of the molecule is C[C@@H](Cc1sc2c(N(Cc3cccs3)C(=O)OC(C)(C)C)cnnc2c1Br)NC(=O)OC(C)(C)C. The molecule has 8 nitrogen and oxygen atoms in total. The third-order valence-corrected chi connectivity index (χ3v) is 7.72. The molecule has 1 atom stereocenters. The van der Waals surface area contributed by atoms with Crippen LogP contribution in [0.3, 0.4) is 0 Å². The first kappa shape index (κ1) is 27.3. The normalized spacial score (nSPS) is 12.9. The van der Waals surface area contributed by atoms with Crippen LogP contribution in [0.5, 0.6) is 0 Å². The lowest BCUT2D eigenvalue weighted by Gasteiger charge is -2.27. The van der Waals surface area contributed by atoms with Crippen molar-refractivity contribution in [3.8, 4) is 0 Å². The minimum Gasteiger partial charge on any atom is -0.444 e. The number of ether oxygens (including phenoxy) is 2. The molecule has 0 saturated heterocycles. The number of nitrogens with zero attached hydrogens (tertiary/aromatic N) is 3. The number of carbonyl (C=O) groups is 2. The van der Waals surface area contributed by atoms with Crippen LogP contribution in [-0.4, -0.2) is 39.6 Å². The molecule has 0 radical (unpaired) electrons. The van der Waals surface area contributed by atoms with E-state index in [1.54, 1.807) is 22.4 Å². The summed E-state index contributed by atoms with van der Waals surface area (Å²) in [5.41, 5.74) is 0.0724. The van der Waals surface area contributed by atoms with Gasteiger partial charge in [-0.25, -0.2) is 9.59 Å². The summed E-state index contributed by atoms with van der Waals surface area (Å²) in [5, 5.41) is 13.3. The summed E-state index contributed by atoms with van der Waals surface area (Å²) in [6.45, 7) is 13.3. The van der Waals surface area contributed by atoms with Gasteiger partial charge in [0.25, 0.3) is 0 Å². The fraction of sp³-hybridized carbons (Fsp3) is 0.500. The summed E-state index contributed by atoms with van der Waals surface area (Å²) in [7, 11) is 0. The number of hydrogen-bond acceptors (Lipinski definition) is 8. The third-order valence-electron chi connectivity index (χ3n) is 4.52. The number of carbonyl (C=O) groups excluding carboxylic acids is 2. The Morgan fingerprint density at radius 3 is 2.46 bits per heavy atom. The van der Waals surface area contributed by atoms with Gasteiger partial charge in [0.1, 0.15) is 16.7 Å². The first-order valence-electron chi connectivity index (χ1n) is 11.2. The van der Waals surface area contributed by atoms with Gasteiger partial charge in [-0.15, -0.1) is 27.8 Å². The zero-order valence-corrected chi connectivity index (χ0v) is 24.2. The standard InChI is InChI=1S/C24H31BrN4O4S2/c1-14(27-21(30)32-23(2,3)4)11-17-18(25)19-20(35-17)16(12-26-28-19)29(13-15-9-8-10-34-15)22(31)33-24(5,6)7/h8-10,12,14H,11,13H2,1-7H3,(H,27,30)/t14-/m0/s1. The number of aromatic nitrogens is 2. The van der Waals surface area contributed by atoms with Crippen molar-refractivity contribution in [3.63, 3.8) is 0 Å². The Morgan fingerprint density at radius 2 is 1.86 bits per heavy atom. The molecule has 0 saturated carbocycles. The van der Waals surface area contributed by atoms with E-state index in [4.69, 9.17) is 9.47 Å². The smallest absolute Gasteiger partial charge is 0.415 e. The van der Waals surface area contributed by atoms with Gasteiger partial charge in [0.2, 0.25) is 0 Å². The molecule has 0 unspecified atom stereocenters. The van der Waals surface area contributed by atoms with Crippen molar-refractivity contribution in [2.75, 3.05) is 4.90 Å². The summed E-state index contributed by atoms with van der Waals surface area (Å²) in [6, 6.07) is 3.75. The minimum absolute atomic E-state index is 0.182. The van der Waals surface area contributed by atoms with Crippen LogP contribution in [0.1, 0.15) is 58.2 Å². The van der Waals surface area contributed by atoms with Gasteiger partial charge in [-0.1, -0.05) is 6.07 Å². The predicted octanol–water partition coefficient (Wildman–Crippen LogP) is 6.91. The summed E-state index contributed by atoms with van der Waals surface area (Å²) < 4.78 is 12.7. The van der Waals surface area contributed by atoms with Gasteiger partial charge in [-0.05, 0) is 75.8 Å². The van der Waals surface area contributed by atoms with Crippen molar-refractivity contribution in [3.05, 3.63) is 37.9 Å². The fourth-order valence-electron chi connectivity index (χ4n) is 3.20. The molecule has 1 N–H and O–H groups in total. The Labute approximate surface area is 222 Å². The van der Waals surface area contributed by atoms with Gasteiger partial charge in [0.05, 0.1) is 27.6 Å². The van der Waals surface area contributed by atoms with E-state index in [0.29, 0.717) is 24.2 Å². The first-order valence-corrected chi connectivity index (χ1v) is 13.7. The number of thiophene rings is 2. The van der Waals surface area contributed by atoms with Crippen molar-refractivity contribution < 1.29 is 19.1 Å². The van der Waals surface area contributed by atoms with Crippen molar-refractivity contribution in [1.82, 2.24) is 15.5 Å². The van der Waals surface area contributed by atoms with Crippen LogP contribution in [0.4, 0.5) is 15.3 Å². The Morgan fingerprint density at radius 1 is 1.17 bits per heavy atom. The number of halogens is 1. The van der Waals surface area contributed by atoms with E-state index in [9.17, 15) is 9.59 Å². The monoisotopic (exact) mass is 582 g/mol. The largest absolute Gasteiger partial charge is 0.444 e. The fourth-order valence-corrected chi connectivity index (χ4v) is 5.97. The highest BCUT2D eigenvalue weighted by atomic mass is 79.9. The quantitative estimate of drug-likeness (QED) is 0.339. The molecule has 190 valence electrons. The van der Waals surface area contributed by atoms with Gasteiger partial charge < -0.3 is 14.8 Å². The molecular weight excluding hydrogens is 552 g/mol. The van der Waals surface area contributed by atoms with Crippen molar-refractivity contribution in [1.29, 1.82) is 0 Å². The second kappa shape index (κ2) is 10.8. The lowest BCUT2D eigenvalue weighted by molar-refractivity contribution is 0.0507. The number of fused-ring (bicyclic) bond motifs is 1. The molecular formula is C24H31BrN4O4S2. The van der Waals surface area contributed by atoms with Crippen LogP contribution in [-0.2, 0) is 22.4 Å². The summed E-state index contributed by atoms with van der Waals surface area (Å²) in [6.07, 6.45) is 1.23. The number of anilines is 1. The number of alkyl carbamates (subject to hydrolysis) is 1. The third kappa shape index (κ3) is 7.62. The number of rotatable bonds is 6. The van der Waals surface area contributed by atoms with E-state index >= 15 is 0 Å². The molecule has 2 amide bonds. The zero-order valence-electron chi connectivity index (χ0n) is 21.0. The Balaban J connectivity index is 1.92. The molecule has 35 heavy (non-hydrogen) atoms. The Hall–Kier alpha value is -2.24. The Kier molecular flexibility index (Phi) is 8.44. The van der Waals surface area contributed by atoms with Crippen LogP contribution < -0.4 is 10.2 Å². The molecule has 3 heterocycles. The van der Waals surface area contributed by atoms with Crippen LogP contribution >= 0.6 is 38.6 Å². The molecule has 0 aliphatic carbocycles. The first-order chi connectivity index (χ1) is 16.2. The van der Waals surface area contributed by atoms with Crippen molar-refractivity contribution in [2.45, 2.75) is 78.7 Å². The maximum absolute atomic E-state index is 13.2. The van der Waals surface area contributed by atoms with Crippen molar-refractivity contribution in [2.24, 2.45) is 0 Å². The average Bonchev–Trinajstić information content (AvgIpc) is 3.31. The summed E-state index contributed by atoms with van der Waals surface area (Å²) in [4.78, 5) is 29.0. The van der Waals surface area contributed by atoms with E-state index in [0.717, 1.165) is 18.9 Å². The van der Waals surface area contributed by atoms with Gasteiger partial charge in [0.15, 0.2) is 0 Å². The predicted molar refractivity (Wildman–Crippen MR) is 144 cm³/mol. The van der Waals surface area contributed by atoms with Crippen LogP contribution in [0, 0.1) is 0 Å². The number of nitrogens with one attached hydrogen (secondary N) is 1. The number of amides is 2. The summed E-state index contributed by atoms with van der Waals surface area (Å²) in [5.74, 6) is 0. The molecule has 0 aliphatic heterocycles. The molecule has 3 aromatic rings. The van der Waals surface area contributed by atoms with E-state index in [-0.39, 0.29) is 6.04 Å². The highest BCUT2D eigenvalue weighted by molar-refractivity contribution is 9.10. The molecule has 0 bridgehead atoms. The maximum Gasteiger partial charge on any atom is 0.415 e. The van der Waals surface area contributed by atoms with Crippen LogP contribution in [0.2, 0.25) is 0 Å². The van der Waals surface area contributed by atoms with E-state index < -0.39 is 23.4 Å². The van der Waals surface area contributed by atoms with Gasteiger partial charge >= 0.3 is 12.2 Å². The minimum atomic E-state index is -0.645. The topological polar surface area (TPSA) is 93.7 Å². The van der Waals surface area contributed by atoms with E-state index in [1.807, 2.05) is 66.0 Å². The van der Waals surface area contributed by atoms with Crippen LogP contribution in [0.15, 0.2) is 28.2 Å². The Bertz CT molecular complexity index is 1180. The van der Waals surface area contributed by atoms with Crippen molar-refractivity contribution >= 4 is 66.7 Å². The van der Waals surface area contributed by atoms with Gasteiger partial charge in [0, 0.05) is 22.2 Å². The lowest BCUT2D eigenvalue weighted by atomic mass is 10.2. The highest BCUT2D eigenvalue weighted by Gasteiger charge is 2.28. The van der Waals surface area contributed by atoms with Crippen LogP contribution in [0.25, 0.3) is 10.2 Å². The molecule has 0 aliphatic rings. The molecule has 0 fully saturated rings.